The van der Waals surface area contributed by atoms with Gasteiger partial charge in [0.05, 0.1) is 11.1 Å². The molecule has 0 aliphatic rings. The van der Waals surface area contributed by atoms with Crippen LogP contribution < -0.4 is 11.0 Å². The lowest BCUT2D eigenvalue weighted by atomic mass is 10.1. The third kappa shape index (κ3) is 3.75. The van der Waals surface area contributed by atoms with Crippen LogP contribution in [0.15, 0.2) is 34.2 Å². The van der Waals surface area contributed by atoms with Crippen molar-refractivity contribution in [2.24, 2.45) is 5.10 Å². The molecular weight excluding hydrogens is 286 g/mol. The van der Waals surface area contributed by atoms with Gasteiger partial charge in [-0.3, -0.25) is 19.9 Å². The molecule has 1 aromatic carbocycles. The zero-order valence-electron chi connectivity index (χ0n) is 12.2. The van der Waals surface area contributed by atoms with Crippen LogP contribution in [-0.2, 0) is 6.42 Å². The minimum Gasteiger partial charge on any atom is -0.291 e. The molecular formula is C14H15N5O3. The summed E-state index contributed by atoms with van der Waals surface area (Å²) in [7, 11) is 0. The number of hydrogen-bond donors (Lipinski definition) is 2. The number of benzene rings is 1. The highest BCUT2D eigenvalue weighted by Crippen LogP contribution is 2.20. The van der Waals surface area contributed by atoms with Crippen LogP contribution in [0.4, 0.5) is 11.6 Å². The molecule has 0 radical (unpaired) electrons. The van der Waals surface area contributed by atoms with Crippen LogP contribution >= 0.6 is 0 Å². The summed E-state index contributed by atoms with van der Waals surface area (Å²) >= 11 is 0. The molecule has 0 fully saturated rings. The highest BCUT2D eigenvalue weighted by molar-refractivity contribution is 5.81. The molecule has 0 saturated carbocycles. The van der Waals surface area contributed by atoms with Gasteiger partial charge in [0.2, 0.25) is 5.95 Å². The standard InChI is InChI=1S/C14H15N5O3/c1-3-11-5-4-10(7-12(11)19(21)22)8-15-18-14-16-9(2)6-13(20)17-14/h4-8H,3H2,1-2H3,(H2,16,17,18,20)/b15-8-. The molecule has 0 aliphatic heterocycles. The zero-order valence-corrected chi connectivity index (χ0v) is 12.2. The fourth-order valence-electron chi connectivity index (χ4n) is 1.93. The fraction of sp³-hybridized carbons (Fsp3) is 0.214. The van der Waals surface area contributed by atoms with Crippen molar-refractivity contribution < 1.29 is 4.92 Å². The van der Waals surface area contributed by atoms with Gasteiger partial charge in [-0.2, -0.15) is 5.10 Å². The van der Waals surface area contributed by atoms with Crippen molar-refractivity contribution in [3.8, 4) is 0 Å². The molecule has 0 bridgehead atoms. The topological polar surface area (TPSA) is 113 Å². The molecule has 0 aliphatic carbocycles. The molecule has 0 atom stereocenters. The molecule has 0 saturated heterocycles. The maximum absolute atomic E-state index is 11.3. The van der Waals surface area contributed by atoms with Crippen LogP contribution in [0.25, 0.3) is 0 Å². The van der Waals surface area contributed by atoms with Crippen molar-refractivity contribution in [3.05, 3.63) is 61.6 Å². The number of H-pyrrole nitrogens is 1. The van der Waals surface area contributed by atoms with E-state index in [0.717, 1.165) is 0 Å². The van der Waals surface area contributed by atoms with Crippen LogP contribution in [-0.4, -0.2) is 21.1 Å². The number of hydrogen-bond acceptors (Lipinski definition) is 6. The second-order valence-electron chi connectivity index (χ2n) is 4.60. The fourth-order valence-corrected chi connectivity index (χ4v) is 1.93. The van der Waals surface area contributed by atoms with E-state index in [9.17, 15) is 14.9 Å². The second kappa shape index (κ2) is 6.61. The van der Waals surface area contributed by atoms with Crippen molar-refractivity contribution >= 4 is 17.9 Å². The number of aromatic amines is 1. The molecule has 1 heterocycles. The first kappa shape index (κ1) is 15.4. The Morgan fingerprint density at radius 1 is 1.45 bits per heavy atom. The SMILES string of the molecule is CCc1ccc(/C=N\Nc2nc(C)cc(=O)[nH]2)cc1[N+](=O)[O-]. The van der Waals surface area contributed by atoms with E-state index in [1.165, 1.54) is 18.3 Å². The van der Waals surface area contributed by atoms with Gasteiger partial charge in [-0.25, -0.2) is 10.4 Å². The molecule has 8 heteroatoms. The van der Waals surface area contributed by atoms with E-state index in [-0.39, 0.29) is 17.2 Å². The number of nitrogens with one attached hydrogen (secondary N) is 2. The van der Waals surface area contributed by atoms with Gasteiger partial charge in [0, 0.05) is 29.0 Å². The molecule has 2 rings (SSSR count). The monoisotopic (exact) mass is 301 g/mol. The van der Waals surface area contributed by atoms with Gasteiger partial charge in [0.1, 0.15) is 0 Å². The number of rotatable bonds is 5. The molecule has 0 amide bonds. The Balaban J connectivity index is 2.18. The molecule has 0 unspecified atom stereocenters. The summed E-state index contributed by atoms with van der Waals surface area (Å²) < 4.78 is 0. The molecule has 1 aromatic heterocycles. The normalized spacial score (nSPS) is 10.8. The van der Waals surface area contributed by atoms with Gasteiger partial charge in [0.15, 0.2) is 0 Å². The van der Waals surface area contributed by atoms with Gasteiger partial charge >= 0.3 is 0 Å². The van der Waals surface area contributed by atoms with E-state index in [4.69, 9.17) is 0 Å². The third-order valence-electron chi connectivity index (χ3n) is 2.94. The third-order valence-corrected chi connectivity index (χ3v) is 2.94. The minimum atomic E-state index is -0.413. The predicted molar refractivity (Wildman–Crippen MR) is 83.3 cm³/mol. The summed E-state index contributed by atoms with van der Waals surface area (Å²) in [5, 5.41) is 14.9. The smallest absolute Gasteiger partial charge is 0.273 e. The minimum absolute atomic E-state index is 0.0635. The largest absolute Gasteiger partial charge is 0.291 e. The quantitative estimate of drug-likeness (QED) is 0.498. The van der Waals surface area contributed by atoms with E-state index in [0.29, 0.717) is 23.2 Å². The summed E-state index contributed by atoms with van der Waals surface area (Å²) in [6.07, 6.45) is 2.01. The summed E-state index contributed by atoms with van der Waals surface area (Å²) in [5.41, 5.74) is 4.17. The van der Waals surface area contributed by atoms with Crippen molar-refractivity contribution in [1.29, 1.82) is 0 Å². The Hall–Kier alpha value is -3.03. The number of hydrazone groups is 1. The van der Waals surface area contributed by atoms with Gasteiger partial charge in [-0.15, -0.1) is 0 Å². The first-order valence-electron chi connectivity index (χ1n) is 6.64. The van der Waals surface area contributed by atoms with Gasteiger partial charge in [0.25, 0.3) is 11.2 Å². The summed E-state index contributed by atoms with van der Waals surface area (Å²) in [4.78, 5) is 28.4. The van der Waals surface area contributed by atoms with E-state index >= 15 is 0 Å². The maximum atomic E-state index is 11.3. The van der Waals surface area contributed by atoms with Crippen LogP contribution in [0, 0.1) is 17.0 Å². The Morgan fingerprint density at radius 3 is 2.86 bits per heavy atom. The summed E-state index contributed by atoms with van der Waals surface area (Å²) in [6, 6.07) is 6.26. The predicted octanol–water partition coefficient (Wildman–Crippen LogP) is 1.99. The highest BCUT2D eigenvalue weighted by atomic mass is 16.6. The lowest BCUT2D eigenvalue weighted by Crippen LogP contribution is -2.10. The van der Waals surface area contributed by atoms with Crippen LogP contribution in [0.2, 0.25) is 0 Å². The Bertz CT molecular complexity index is 782. The van der Waals surface area contributed by atoms with Crippen molar-refractivity contribution in [3.63, 3.8) is 0 Å². The zero-order chi connectivity index (χ0) is 16.1. The number of nitrogens with zero attached hydrogens (tertiary/aromatic N) is 3. The molecule has 22 heavy (non-hydrogen) atoms. The first-order valence-corrected chi connectivity index (χ1v) is 6.64. The molecule has 114 valence electrons. The first-order chi connectivity index (χ1) is 10.5. The van der Waals surface area contributed by atoms with Crippen LogP contribution in [0.5, 0.6) is 0 Å². The molecule has 2 aromatic rings. The summed E-state index contributed by atoms with van der Waals surface area (Å²) in [6.45, 7) is 3.55. The Labute approximate surface area is 126 Å². The van der Waals surface area contributed by atoms with Crippen molar-refractivity contribution in [2.75, 3.05) is 5.43 Å². The van der Waals surface area contributed by atoms with Crippen LogP contribution in [0.3, 0.4) is 0 Å². The molecule has 2 N–H and O–H groups in total. The number of anilines is 1. The number of aromatic nitrogens is 2. The van der Waals surface area contributed by atoms with E-state index in [1.54, 1.807) is 19.1 Å². The average molecular weight is 301 g/mol. The lowest BCUT2D eigenvalue weighted by molar-refractivity contribution is -0.385. The van der Waals surface area contributed by atoms with Gasteiger partial charge in [-0.1, -0.05) is 19.1 Å². The van der Waals surface area contributed by atoms with Crippen molar-refractivity contribution in [1.82, 2.24) is 9.97 Å². The van der Waals surface area contributed by atoms with Gasteiger partial charge < -0.3 is 0 Å². The number of nitro benzene ring substituents is 1. The highest BCUT2D eigenvalue weighted by Gasteiger charge is 2.12. The molecule has 8 nitrogen and oxygen atoms in total. The summed E-state index contributed by atoms with van der Waals surface area (Å²) in [5.74, 6) is 0.209. The average Bonchev–Trinajstić information content (AvgIpc) is 2.46. The second-order valence-corrected chi connectivity index (χ2v) is 4.60. The Kier molecular flexibility index (Phi) is 4.62. The number of aryl methyl sites for hydroxylation is 2. The Morgan fingerprint density at radius 2 is 2.23 bits per heavy atom. The van der Waals surface area contributed by atoms with Crippen LogP contribution in [0.1, 0.15) is 23.7 Å². The maximum Gasteiger partial charge on any atom is 0.273 e. The lowest BCUT2D eigenvalue weighted by Gasteiger charge is -2.02. The van der Waals surface area contributed by atoms with Gasteiger partial charge in [-0.05, 0) is 13.3 Å². The van der Waals surface area contributed by atoms with E-state index in [1.807, 2.05) is 6.92 Å². The van der Waals surface area contributed by atoms with E-state index < -0.39 is 4.92 Å². The van der Waals surface area contributed by atoms with Crippen molar-refractivity contribution in [2.45, 2.75) is 20.3 Å². The number of nitro groups is 1. The molecule has 0 spiro atoms. The van der Waals surface area contributed by atoms with E-state index in [2.05, 4.69) is 20.5 Å².